The van der Waals surface area contributed by atoms with E-state index in [2.05, 4.69) is 26.1 Å². The molecule has 1 heteroatoms. The van der Waals surface area contributed by atoms with Crippen molar-refractivity contribution in [1.82, 2.24) is 5.32 Å². The highest BCUT2D eigenvalue weighted by atomic mass is 14.9. The fraction of sp³-hybridized carbons (Fsp3) is 1.00. The normalized spacial score (nSPS) is 35.6. The Morgan fingerprint density at radius 3 is 2.27 bits per heavy atom. The number of rotatable bonds is 6. The van der Waals surface area contributed by atoms with Crippen LogP contribution in [0, 0.1) is 23.7 Å². The predicted molar refractivity (Wildman–Crippen MR) is 65.9 cm³/mol. The molecule has 2 aliphatic rings. The third-order valence-electron chi connectivity index (χ3n) is 4.37. The Morgan fingerprint density at radius 1 is 1.07 bits per heavy atom. The van der Waals surface area contributed by atoms with Gasteiger partial charge < -0.3 is 5.32 Å². The first-order valence-corrected chi connectivity index (χ1v) is 6.94. The fourth-order valence-corrected chi connectivity index (χ4v) is 3.37. The van der Waals surface area contributed by atoms with Crippen molar-refractivity contribution in [3.05, 3.63) is 0 Å². The van der Waals surface area contributed by atoms with Crippen molar-refractivity contribution in [2.24, 2.45) is 23.7 Å². The molecule has 2 aliphatic carbocycles. The van der Waals surface area contributed by atoms with Crippen molar-refractivity contribution < 1.29 is 0 Å². The highest BCUT2D eigenvalue weighted by Gasteiger charge is 2.47. The van der Waals surface area contributed by atoms with E-state index < -0.39 is 0 Å². The van der Waals surface area contributed by atoms with E-state index in [4.69, 9.17) is 0 Å². The molecule has 3 atom stereocenters. The average molecular weight is 209 g/mol. The van der Waals surface area contributed by atoms with Crippen LogP contribution in [0.15, 0.2) is 0 Å². The molecule has 3 unspecified atom stereocenters. The third kappa shape index (κ3) is 2.96. The highest BCUT2D eigenvalue weighted by molar-refractivity contribution is 4.99. The lowest BCUT2D eigenvalue weighted by Crippen LogP contribution is -2.35. The molecule has 88 valence electrons. The summed E-state index contributed by atoms with van der Waals surface area (Å²) >= 11 is 0. The van der Waals surface area contributed by atoms with E-state index >= 15 is 0 Å². The second kappa shape index (κ2) is 4.86. The molecule has 0 bridgehead atoms. The first-order chi connectivity index (χ1) is 7.20. The zero-order valence-electron chi connectivity index (χ0n) is 10.6. The summed E-state index contributed by atoms with van der Waals surface area (Å²) in [5.74, 6) is 4.14. The van der Waals surface area contributed by atoms with Crippen molar-refractivity contribution >= 4 is 0 Å². The van der Waals surface area contributed by atoms with E-state index in [1.807, 2.05) is 0 Å². The van der Waals surface area contributed by atoms with Crippen molar-refractivity contribution in [3.63, 3.8) is 0 Å². The lowest BCUT2D eigenvalue weighted by atomic mass is 9.89. The maximum Gasteiger partial charge on any atom is 0.00955 e. The van der Waals surface area contributed by atoms with Crippen LogP contribution in [0.4, 0.5) is 0 Å². The van der Waals surface area contributed by atoms with Gasteiger partial charge in [0.25, 0.3) is 0 Å². The summed E-state index contributed by atoms with van der Waals surface area (Å²) in [5, 5.41) is 3.72. The number of fused-ring (bicyclic) bond motifs is 1. The molecule has 0 spiro atoms. The van der Waals surface area contributed by atoms with Gasteiger partial charge in [0.15, 0.2) is 0 Å². The van der Waals surface area contributed by atoms with Crippen LogP contribution < -0.4 is 5.32 Å². The molecule has 0 radical (unpaired) electrons. The van der Waals surface area contributed by atoms with E-state index in [0.717, 1.165) is 36.3 Å². The Balaban J connectivity index is 1.77. The van der Waals surface area contributed by atoms with Crippen molar-refractivity contribution in [2.45, 2.75) is 58.9 Å². The Kier molecular flexibility index (Phi) is 3.71. The lowest BCUT2D eigenvalue weighted by molar-refractivity contribution is 0.306. The van der Waals surface area contributed by atoms with Crippen LogP contribution >= 0.6 is 0 Å². The summed E-state index contributed by atoms with van der Waals surface area (Å²) in [6, 6.07) is 0.824. The maximum atomic E-state index is 3.72. The van der Waals surface area contributed by atoms with E-state index in [1.54, 1.807) is 6.42 Å². The largest absolute Gasteiger partial charge is 0.314 e. The van der Waals surface area contributed by atoms with Crippen LogP contribution in [0.25, 0.3) is 0 Å². The molecule has 0 saturated heterocycles. The van der Waals surface area contributed by atoms with Gasteiger partial charge in [-0.25, -0.2) is 0 Å². The monoisotopic (exact) mass is 209 g/mol. The zero-order chi connectivity index (χ0) is 10.8. The molecule has 0 heterocycles. The van der Waals surface area contributed by atoms with Gasteiger partial charge in [0, 0.05) is 6.04 Å². The standard InChI is InChI=1S/C14H27N/c1-4-15-14(6-5-10(2)3)13-8-11-7-12(11)9-13/h10-15H,4-9H2,1-3H3. The molecule has 1 N–H and O–H groups in total. The lowest BCUT2D eigenvalue weighted by Gasteiger charge is -2.26. The summed E-state index contributed by atoms with van der Waals surface area (Å²) in [7, 11) is 0. The van der Waals surface area contributed by atoms with Gasteiger partial charge in [-0.15, -0.1) is 0 Å². The first-order valence-electron chi connectivity index (χ1n) is 6.94. The highest BCUT2D eigenvalue weighted by Crippen LogP contribution is 2.55. The van der Waals surface area contributed by atoms with Crippen LogP contribution in [0.2, 0.25) is 0 Å². The average Bonchev–Trinajstić information content (AvgIpc) is 2.80. The van der Waals surface area contributed by atoms with Gasteiger partial charge in [0.05, 0.1) is 0 Å². The van der Waals surface area contributed by atoms with E-state index in [9.17, 15) is 0 Å². The van der Waals surface area contributed by atoms with Crippen molar-refractivity contribution in [2.75, 3.05) is 6.54 Å². The second-order valence-electron chi connectivity index (χ2n) is 6.12. The SMILES string of the molecule is CCNC(CCC(C)C)C1CC2CC2C1. The Labute approximate surface area is 95.0 Å². The molecule has 1 nitrogen and oxygen atoms in total. The first kappa shape index (κ1) is 11.4. The van der Waals surface area contributed by atoms with Crippen LogP contribution in [0.5, 0.6) is 0 Å². The Morgan fingerprint density at radius 2 is 1.73 bits per heavy atom. The fourth-order valence-electron chi connectivity index (χ4n) is 3.37. The van der Waals surface area contributed by atoms with E-state index in [0.29, 0.717) is 0 Å². The van der Waals surface area contributed by atoms with E-state index in [-0.39, 0.29) is 0 Å². The molecular formula is C14H27N. The molecule has 15 heavy (non-hydrogen) atoms. The van der Waals surface area contributed by atoms with Crippen LogP contribution in [-0.2, 0) is 0 Å². The van der Waals surface area contributed by atoms with Gasteiger partial charge in [0.1, 0.15) is 0 Å². The third-order valence-corrected chi connectivity index (χ3v) is 4.37. The summed E-state index contributed by atoms with van der Waals surface area (Å²) in [5.41, 5.74) is 0. The predicted octanol–water partition coefficient (Wildman–Crippen LogP) is 3.45. The van der Waals surface area contributed by atoms with Crippen LogP contribution in [0.3, 0.4) is 0 Å². The second-order valence-corrected chi connectivity index (χ2v) is 6.12. The molecular weight excluding hydrogens is 182 g/mol. The molecule has 0 aromatic rings. The topological polar surface area (TPSA) is 12.0 Å². The maximum absolute atomic E-state index is 3.72. The Hall–Kier alpha value is -0.0400. The minimum Gasteiger partial charge on any atom is -0.314 e. The van der Waals surface area contributed by atoms with Gasteiger partial charge in [0.2, 0.25) is 0 Å². The van der Waals surface area contributed by atoms with Crippen LogP contribution in [-0.4, -0.2) is 12.6 Å². The molecule has 2 fully saturated rings. The molecule has 0 amide bonds. The number of hydrogen-bond donors (Lipinski definition) is 1. The zero-order valence-corrected chi connectivity index (χ0v) is 10.6. The van der Waals surface area contributed by atoms with Gasteiger partial charge in [-0.2, -0.15) is 0 Å². The smallest absolute Gasteiger partial charge is 0.00955 e. The minimum absolute atomic E-state index is 0.824. The quantitative estimate of drug-likeness (QED) is 0.706. The molecule has 2 saturated carbocycles. The summed E-state index contributed by atoms with van der Waals surface area (Å²) in [6.07, 6.45) is 7.40. The molecule has 0 aliphatic heterocycles. The number of nitrogens with one attached hydrogen (secondary N) is 1. The summed E-state index contributed by atoms with van der Waals surface area (Å²) in [6.45, 7) is 8.08. The summed E-state index contributed by atoms with van der Waals surface area (Å²) in [4.78, 5) is 0. The molecule has 0 aromatic carbocycles. The van der Waals surface area contributed by atoms with Gasteiger partial charge >= 0.3 is 0 Å². The minimum atomic E-state index is 0.824. The van der Waals surface area contributed by atoms with Gasteiger partial charge in [-0.05, 0) is 62.3 Å². The number of hydrogen-bond acceptors (Lipinski definition) is 1. The molecule has 2 rings (SSSR count). The molecule has 0 aromatic heterocycles. The Bertz CT molecular complexity index is 190. The van der Waals surface area contributed by atoms with Crippen molar-refractivity contribution in [3.8, 4) is 0 Å². The van der Waals surface area contributed by atoms with Crippen LogP contribution in [0.1, 0.15) is 52.9 Å². The van der Waals surface area contributed by atoms with Gasteiger partial charge in [-0.3, -0.25) is 0 Å². The van der Waals surface area contributed by atoms with Gasteiger partial charge in [-0.1, -0.05) is 20.8 Å². The van der Waals surface area contributed by atoms with Crippen molar-refractivity contribution in [1.29, 1.82) is 0 Å². The van der Waals surface area contributed by atoms with E-state index in [1.165, 1.54) is 25.7 Å². The summed E-state index contributed by atoms with van der Waals surface area (Å²) < 4.78 is 0.